The lowest BCUT2D eigenvalue weighted by atomic mass is 10.1. The van der Waals surface area contributed by atoms with E-state index in [2.05, 4.69) is 17.6 Å². The van der Waals surface area contributed by atoms with E-state index in [1.54, 1.807) is 6.08 Å². The molecule has 2 N–H and O–H groups in total. The van der Waals surface area contributed by atoms with Crippen LogP contribution in [0, 0.1) is 0 Å². The first-order valence-corrected chi connectivity index (χ1v) is 7.66. The lowest BCUT2D eigenvalue weighted by Gasteiger charge is -2.13. The Morgan fingerprint density at radius 2 is 1.64 bits per heavy atom. The van der Waals surface area contributed by atoms with Crippen molar-refractivity contribution in [2.75, 3.05) is 11.9 Å². The van der Waals surface area contributed by atoms with E-state index in [4.69, 9.17) is 0 Å². The molecule has 0 spiro atoms. The van der Waals surface area contributed by atoms with Gasteiger partial charge in [-0.15, -0.1) is 0 Å². The zero-order valence-corrected chi connectivity index (χ0v) is 12.9. The second-order valence-electron chi connectivity index (χ2n) is 5.06. The predicted octanol–water partition coefficient (Wildman–Crippen LogP) is 4.21. The van der Waals surface area contributed by atoms with Gasteiger partial charge in [0.1, 0.15) is 5.82 Å². The van der Waals surface area contributed by atoms with Crippen LogP contribution >= 0.6 is 0 Å². The molecule has 0 atom stereocenters. The largest absolute Gasteiger partial charge is 0.372 e. The quantitative estimate of drug-likeness (QED) is 0.435. The summed E-state index contributed by atoms with van der Waals surface area (Å²) in [6, 6.07) is 19.1. The second-order valence-corrected chi connectivity index (χ2v) is 5.06. The molecule has 0 unspecified atom stereocenters. The third kappa shape index (κ3) is 5.09. The molecule has 3 heteroatoms. The average Bonchev–Trinajstić information content (AvgIpc) is 2.56. The highest BCUT2D eigenvalue weighted by Gasteiger charge is 2.05. The first-order chi connectivity index (χ1) is 10.8. The lowest BCUT2D eigenvalue weighted by Crippen LogP contribution is -2.22. The number of rotatable bonds is 8. The standard InChI is InChI=1S/C19H22N2O/c1-2-3-14-20-19(21-17-12-8-5-9-13-17)15-18(22)16-10-6-4-7-11-16/h4-13,15,20-21H,2-3,14H2,1H3/b19-15-. The van der Waals surface area contributed by atoms with Gasteiger partial charge >= 0.3 is 0 Å². The van der Waals surface area contributed by atoms with E-state index in [0.29, 0.717) is 5.56 Å². The van der Waals surface area contributed by atoms with Crippen LogP contribution in [0.3, 0.4) is 0 Å². The van der Waals surface area contributed by atoms with Crippen molar-refractivity contribution in [3.8, 4) is 0 Å². The normalized spacial score (nSPS) is 11.0. The Kier molecular flexibility index (Phi) is 6.24. The molecule has 2 aromatic rings. The van der Waals surface area contributed by atoms with Gasteiger partial charge in [-0.25, -0.2) is 0 Å². The first-order valence-electron chi connectivity index (χ1n) is 7.66. The smallest absolute Gasteiger partial charge is 0.189 e. The fraction of sp³-hybridized carbons (Fsp3) is 0.211. The molecule has 0 heterocycles. The summed E-state index contributed by atoms with van der Waals surface area (Å²) < 4.78 is 0. The minimum absolute atomic E-state index is 0.0111. The number of carbonyl (C=O) groups excluding carboxylic acids is 1. The number of benzene rings is 2. The van der Waals surface area contributed by atoms with Crippen molar-refractivity contribution >= 4 is 11.5 Å². The van der Waals surface area contributed by atoms with E-state index in [-0.39, 0.29) is 5.78 Å². The summed E-state index contributed by atoms with van der Waals surface area (Å²) in [6.45, 7) is 2.98. The van der Waals surface area contributed by atoms with Gasteiger partial charge < -0.3 is 10.6 Å². The molecule has 0 saturated carbocycles. The molecular formula is C19H22N2O. The van der Waals surface area contributed by atoms with Crippen LogP contribution in [-0.2, 0) is 0 Å². The number of nitrogens with one attached hydrogen (secondary N) is 2. The minimum Gasteiger partial charge on any atom is -0.372 e. The molecule has 0 radical (unpaired) electrons. The van der Waals surface area contributed by atoms with Crippen molar-refractivity contribution in [2.45, 2.75) is 19.8 Å². The van der Waals surface area contributed by atoms with Gasteiger partial charge in [0.15, 0.2) is 5.78 Å². The van der Waals surface area contributed by atoms with E-state index >= 15 is 0 Å². The molecule has 0 saturated heterocycles. The van der Waals surface area contributed by atoms with Gasteiger partial charge in [-0.05, 0) is 18.6 Å². The van der Waals surface area contributed by atoms with Gasteiger partial charge in [0.2, 0.25) is 0 Å². The van der Waals surface area contributed by atoms with Crippen molar-refractivity contribution in [1.29, 1.82) is 0 Å². The van der Waals surface area contributed by atoms with Gasteiger partial charge in [0.05, 0.1) is 0 Å². The fourth-order valence-corrected chi connectivity index (χ4v) is 2.02. The van der Waals surface area contributed by atoms with Gasteiger partial charge in [0, 0.05) is 23.9 Å². The number of unbranched alkanes of at least 4 members (excludes halogenated alkanes) is 1. The van der Waals surface area contributed by atoms with E-state index in [0.717, 1.165) is 30.9 Å². The number of allylic oxidation sites excluding steroid dienone is 1. The SMILES string of the molecule is CCCCN/C(=C/C(=O)c1ccccc1)Nc1ccccc1. The maximum atomic E-state index is 12.3. The van der Waals surface area contributed by atoms with Gasteiger partial charge in [-0.3, -0.25) is 4.79 Å². The van der Waals surface area contributed by atoms with Gasteiger partial charge in [-0.1, -0.05) is 61.9 Å². The molecular weight excluding hydrogens is 272 g/mol. The lowest BCUT2D eigenvalue weighted by molar-refractivity contribution is 0.104. The molecule has 22 heavy (non-hydrogen) atoms. The number of para-hydroxylation sites is 1. The Morgan fingerprint density at radius 3 is 2.27 bits per heavy atom. The molecule has 0 aliphatic heterocycles. The van der Waals surface area contributed by atoms with Crippen molar-refractivity contribution in [3.05, 3.63) is 78.1 Å². The van der Waals surface area contributed by atoms with Crippen LogP contribution < -0.4 is 10.6 Å². The van der Waals surface area contributed by atoms with Crippen LogP contribution in [0.15, 0.2) is 72.6 Å². The summed E-state index contributed by atoms with van der Waals surface area (Å²) in [7, 11) is 0. The Bertz CT molecular complexity index is 606. The zero-order chi connectivity index (χ0) is 15.6. The maximum Gasteiger partial charge on any atom is 0.189 e. The monoisotopic (exact) mass is 294 g/mol. The topological polar surface area (TPSA) is 41.1 Å². The summed E-state index contributed by atoms with van der Waals surface area (Å²) in [6.07, 6.45) is 3.80. The van der Waals surface area contributed by atoms with Crippen LogP contribution in [0.5, 0.6) is 0 Å². The van der Waals surface area contributed by atoms with E-state index in [1.165, 1.54) is 0 Å². The molecule has 0 aromatic heterocycles. The Morgan fingerprint density at radius 1 is 1.00 bits per heavy atom. The van der Waals surface area contributed by atoms with E-state index in [1.807, 2.05) is 60.7 Å². The van der Waals surface area contributed by atoms with Crippen molar-refractivity contribution in [1.82, 2.24) is 5.32 Å². The fourth-order valence-electron chi connectivity index (χ4n) is 2.02. The zero-order valence-electron chi connectivity index (χ0n) is 12.9. The van der Waals surface area contributed by atoms with Crippen molar-refractivity contribution in [3.63, 3.8) is 0 Å². The maximum absolute atomic E-state index is 12.3. The van der Waals surface area contributed by atoms with Gasteiger partial charge in [0.25, 0.3) is 0 Å². The highest BCUT2D eigenvalue weighted by atomic mass is 16.1. The molecule has 114 valence electrons. The molecule has 0 aliphatic rings. The van der Waals surface area contributed by atoms with Crippen LogP contribution in [0.2, 0.25) is 0 Å². The van der Waals surface area contributed by atoms with Gasteiger partial charge in [-0.2, -0.15) is 0 Å². The van der Waals surface area contributed by atoms with Crippen LogP contribution in [0.1, 0.15) is 30.1 Å². The summed E-state index contributed by atoms with van der Waals surface area (Å²) >= 11 is 0. The Labute approximate surface area is 132 Å². The number of carbonyl (C=O) groups is 1. The molecule has 2 aromatic carbocycles. The summed E-state index contributed by atoms with van der Waals surface area (Å²) in [5, 5.41) is 6.57. The predicted molar refractivity (Wildman–Crippen MR) is 91.8 cm³/mol. The van der Waals surface area contributed by atoms with E-state index in [9.17, 15) is 4.79 Å². The highest BCUT2D eigenvalue weighted by Crippen LogP contribution is 2.09. The molecule has 0 aliphatic carbocycles. The van der Waals surface area contributed by atoms with Crippen molar-refractivity contribution < 1.29 is 4.79 Å². The molecule has 2 rings (SSSR count). The number of ketones is 1. The van der Waals surface area contributed by atoms with E-state index < -0.39 is 0 Å². The van der Waals surface area contributed by atoms with Crippen LogP contribution in [0.4, 0.5) is 5.69 Å². The summed E-state index contributed by atoms with van der Waals surface area (Å²) in [4.78, 5) is 12.3. The molecule has 3 nitrogen and oxygen atoms in total. The second kappa shape index (κ2) is 8.67. The Balaban J connectivity index is 2.12. The highest BCUT2D eigenvalue weighted by molar-refractivity contribution is 6.05. The molecule has 0 fully saturated rings. The third-order valence-corrected chi connectivity index (χ3v) is 3.23. The summed E-state index contributed by atoms with van der Waals surface area (Å²) in [5.41, 5.74) is 1.64. The first kappa shape index (κ1) is 15.8. The average molecular weight is 294 g/mol. The number of anilines is 1. The minimum atomic E-state index is -0.0111. The van der Waals surface area contributed by atoms with Crippen LogP contribution in [0.25, 0.3) is 0 Å². The number of hydrogen-bond acceptors (Lipinski definition) is 3. The molecule has 0 amide bonds. The molecule has 0 bridgehead atoms. The van der Waals surface area contributed by atoms with Crippen LogP contribution in [-0.4, -0.2) is 12.3 Å². The van der Waals surface area contributed by atoms with Crippen molar-refractivity contribution in [2.24, 2.45) is 0 Å². The Hall–Kier alpha value is -2.55. The third-order valence-electron chi connectivity index (χ3n) is 3.23. The summed E-state index contributed by atoms with van der Waals surface area (Å²) in [5.74, 6) is 0.719. The number of hydrogen-bond donors (Lipinski definition) is 2.